The molecule has 0 aliphatic carbocycles. The van der Waals surface area contributed by atoms with E-state index in [-0.39, 0.29) is 11.3 Å². The lowest BCUT2D eigenvalue weighted by molar-refractivity contribution is -0.117. The highest BCUT2D eigenvalue weighted by Gasteiger charge is 2.45. The number of hydrogen-bond donors (Lipinski definition) is 1. The highest BCUT2D eigenvalue weighted by atomic mass is 16.5. The molecule has 0 bridgehead atoms. The molecule has 170 valence electrons. The number of aryl methyl sites for hydroxylation is 1. The number of Topliss-reactive ketones (excluding diaryl/α,β-unsaturated/α-hetero) is 1. The number of aliphatic hydroxyl groups is 1. The summed E-state index contributed by atoms with van der Waals surface area (Å²) in [6.07, 6.45) is 1.35. The molecule has 1 unspecified atom stereocenters. The highest BCUT2D eigenvalue weighted by Crippen LogP contribution is 2.47. The molecular formula is C25H23NO7. The third-order valence-electron chi connectivity index (χ3n) is 5.51. The number of carbonyl (C=O) groups excluding carboxylic acids is 2. The van der Waals surface area contributed by atoms with Crippen LogP contribution in [-0.4, -0.2) is 38.1 Å². The molecule has 0 spiro atoms. The summed E-state index contributed by atoms with van der Waals surface area (Å²) < 4.78 is 21.6. The molecule has 33 heavy (non-hydrogen) atoms. The molecule has 2 heterocycles. The molecule has 0 saturated carbocycles. The maximum absolute atomic E-state index is 13.3. The van der Waals surface area contributed by atoms with E-state index in [1.165, 1.54) is 38.6 Å². The first-order valence-electron chi connectivity index (χ1n) is 10.1. The second-order valence-electron chi connectivity index (χ2n) is 7.44. The number of anilines is 1. The number of nitrogens with zero attached hydrogens (tertiary/aromatic N) is 1. The van der Waals surface area contributed by atoms with Crippen molar-refractivity contribution in [3.63, 3.8) is 0 Å². The molecule has 1 N–H and O–H groups in total. The lowest BCUT2D eigenvalue weighted by atomic mass is 9.94. The highest BCUT2D eigenvalue weighted by molar-refractivity contribution is 6.20. The topological polar surface area (TPSA) is 98.4 Å². The number of furan rings is 1. The van der Waals surface area contributed by atoms with Gasteiger partial charge in [-0.1, -0.05) is 17.7 Å². The number of aliphatic hydroxyl groups excluding tert-OH is 1. The van der Waals surface area contributed by atoms with Gasteiger partial charge in [0, 0.05) is 5.69 Å². The summed E-state index contributed by atoms with van der Waals surface area (Å²) in [7, 11) is 4.43. The first-order valence-corrected chi connectivity index (χ1v) is 10.1. The van der Waals surface area contributed by atoms with E-state index in [4.69, 9.17) is 18.6 Å². The fourth-order valence-electron chi connectivity index (χ4n) is 3.92. The Balaban J connectivity index is 1.95. The zero-order valence-corrected chi connectivity index (χ0v) is 18.6. The van der Waals surface area contributed by atoms with Crippen LogP contribution in [0.25, 0.3) is 0 Å². The standard InChI is InChI=1S/C25H23NO7/c1-14-7-9-16(10-8-14)26-21(15-12-18(30-2)24(32-4)19(13-15)31-3)20(23(28)25(26)29)22(27)17-6-5-11-33-17/h5-13,21,28H,1-4H3. The monoisotopic (exact) mass is 449 g/mol. The van der Waals surface area contributed by atoms with Gasteiger partial charge in [-0.3, -0.25) is 14.5 Å². The molecule has 1 aliphatic heterocycles. The summed E-state index contributed by atoms with van der Waals surface area (Å²) in [6, 6.07) is 12.6. The molecule has 1 aromatic heterocycles. The van der Waals surface area contributed by atoms with Crippen molar-refractivity contribution in [2.24, 2.45) is 0 Å². The molecular weight excluding hydrogens is 426 g/mol. The fraction of sp³-hybridized carbons (Fsp3) is 0.200. The SMILES string of the molecule is COc1cc(C2C(C(=O)c3ccco3)=C(O)C(=O)N2c2ccc(C)cc2)cc(OC)c1OC. The predicted octanol–water partition coefficient (Wildman–Crippen LogP) is 4.40. The average molecular weight is 449 g/mol. The van der Waals surface area contributed by atoms with Crippen LogP contribution in [0.2, 0.25) is 0 Å². The predicted molar refractivity (Wildman–Crippen MR) is 120 cm³/mol. The Morgan fingerprint density at radius 2 is 1.64 bits per heavy atom. The molecule has 0 fully saturated rings. The molecule has 0 radical (unpaired) electrons. The van der Waals surface area contributed by atoms with Gasteiger partial charge in [0.1, 0.15) is 0 Å². The largest absolute Gasteiger partial charge is 0.503 e. The van der Waals surface area contributed by atoms with Crippen LogP contribution in [0.15, 0.2) is 70.5 Å². The third-order valence-corrected chi connectivity index (χ3v) is 5.51. The van der Waals surface area contributed by atoms with E-state index < -0.39 is 23.5 Å². The molecule has 1 aliphatic rings. The second-order valence-corrected chi connectivity index (χ2v) is 7.44. The normalized spacial score (nSPS) is 15.7. The van der Waals surface area contributed by atoms with E-state index in [9.17, 15) is 14.7 Å². The van der Waals surface area contributed by atoms with Crippen molar-refractivity contribution in [2.45, 2.75) is 13.0 Å². The maximum Gasteiger partial charge on any atom is 0.294 e. The van der Waals surface area contributed by atoms with Gasteiger partial charge in [0.05, 0.1) is 39.2 Å². The average Bonchev–Trinajstić information content (AvgIpc) is 3.46. The lowest BCUT2D eigenvalue weighted by Crippen LogP contribution is -2.31. The van der Waals surface area contributed by atoms with Crippen molar-refractivity contribution >= 4 is 17.4 Å². The Labute approximate surface area is 190 Å². The number of amides is 1. The Morgan fingerprint density at radius 3 is 2.15 bits per heavy atom. The van der Waals surface area contributed by atoms with Gasteiger partial charge in [0.2, 0.25) is 11.5 Å². The third kappa shape index (κ3) is 3.69. The van der Waals surface area contributed by atoms with Crippen LogP contribution in [0, 0.1) is 6.92 Å². The number of rotatable bonds is 7. The Morgan fingerprint density at radius 1 is 1.00 bits per heavy atom. The fourth-order valence-corrected chi connectivity index (χ4v) is 3.92. The molecule has 3 aromatic rings. The first-order chi connectivity index (χ1) is 15.9. The summed E-state index contributed by atoms with van der Waals surface area (Å²) in [6.45, 7) is 1.92. The minimum Gasteiger partial charge on any atom is -0.503 e. The second kappa shape index (κ2) is 8.74. The molecule has 1 atom stereocenters. The van der Waals surface area contributed by atoms with Crippen molar-refractivity contribution < 1.29 is 33.3 Å². The van der Waals surface area contributed by atoms with E-state index in [0.29, 0.717) is 28.5 Å². The number of carbonyl (C=O) groups is 2. The van der Waals surface area contributed by atoms with Crippen LogP contribution in [0.1, 0.15) is 27.7 Å². The van der Waals surface area contributed by atoms with E-state index in [0.717, 1.165) is 5.56 Å². The van der Waals surface area contributed by atoms with Crippen LogP contribution in [0.3, 0.4) is 0 Å². The van der Waals surface area contributed by atoms with Gasteiger partial charge in [-0.15, -0.1) is 0 Å². The zero-order chi connectivity index (χ0) is 23.7. The van der Waals surface area contributed by atoms with Crippen molar-refractivity contribution in [3.05, 3.63) is 83.0 Å². The molecule has 1 amide bonds. The summed E-state index contributed by atoms with van der Waals surface area (Å²) in [4.78, 5) is 27.9. The van der Waals surface area contributed by atoms with Crippen LogP contribution < -0.4 is 19.1 Å². The maximum atomic E-state index is 13.3. The van der Waals surface area contributed by atoms with E-state index in [1.54, 1.807) is 30.3 Å². The van der Waals surface area contributed by atoms with Gasteiger partial charge in [0.15, 0.2) is 23.0 Å². The van der Waals surface area contributed by atoms with Gasteiger partial charge >= 0.3 is 0 Å². The van der Waals surface area contributed by atoms with Gasteiger partial charge < -0.3 is 23.7 Å². The summed E-state index contributed by atoms with van der Waals surface area (Å²) >= 11 is 0. The number of benzene rings is 2. The molecule has 0 saturated heterocycles. The number of ether oxygens (including phenoxy) is 3. The Kier molecular flexibility index (Phi) is 5.83. The van der Waals surface area contributed by atoms with Crippen LogP contribution in [0.5, 0.6) is 17.2 Å². The molecule has 8 heteroatoms. The van der Waals surface area contributed by atoms with Gasteiger partial charge in [-0.2, -0.15) is 0 Å². The molecule has 8 nitrogen and oxygen atoms in total. The number of hydrogen-bond acceptors (Lipinski definition) is 7. The van der Waals surface area contributed by atoms with Crippen LogP contribution >= 0.6 is 0 Å². The quantitative estimate of drug-likeness (QED) is 0.534. The van der Waals surface area contributed by atoms with Crippen molar-refractivity contribution in [1.82, 2.24) is 0 Å². The van der Waals surface area contributed by atoms with Gasteiger partial charge in [0.25, 0.3) is 5.91 Å². The first kappa shape index (κ1) is 22.0. The van der Waals surface area contributed by atoms with Gasteiger partial charge in [-0.05, 0) is 48.9 Å². The summed E-state index contributed by atoms with van der Waals surface area (Å²) in [5.41, 5.74) is 1.89. The Bertz CT molecular complexity index is 1200. The number of ketones is 1. The van der Waals surface area contributed by atoms with Crippen molar-refractivity contribution in [2.75, 3.05) is 26.2 Å². The van der Waals surface area contributed by atoms with Crippen molar-refractivity contribution in [1.29, 1.82) is 0 Å². The minimum absolute atomic E-state index is 0.00699. The summed E-state index contributed by atoms with van der Waals surface area (Å²) in [5.74, 6) is -0.879. The van der Waals surface area contributed by atoms with Gasteiger partial charge in [-0.25, -0.2) is 0 Å². The van der Waals surface area contributed by atoms with Crippen molar-refractivity contribution in [3.8, 4) is 17.2 Å². The van der Waals surface area contributed by atoms with E-state index in [1.807, 2.05) is 19.1 Å². The molecule has 4 rings (SSSR count). The molecule has 2 aromatic carbocycles. The zero-order valence-electron chi connectivity index (χ0n) is 18.6. The lowest BCUT2D eigenvalue weighted by Gasteiger charge is -2.28. The Hall–Kier alpha value is -4.20. The minimum atomic E-state index is -0.966. The van der Waals surface area contributed by atoms with E-state index >= 15 is 0 Å². The van der Waals surface area contributed by atoms with Crippen LogP contribution in [0.4, 0.5) is 5.69 Å². The smallest absolute Gasteiger partial charge is 0.294 e. The van der Waals surface area contributed by atoms with E-state index in [2.05, 4.69) is 0 Å². The summed E-state index contributed by atoms with van der Waals surface area (Å²) in [5, 5.41) is 10.8. The number of methoxy groups -OCH3 is 3. The van der Waals surface area contributed by atoms with Crippen LogP contribution in [-0.2, 0) is 4.79 Å².